The summed E-state index contributed by atoms with van der Waals surface area (Å²) in [5.74, 6) is -0.926. The molecule has 1 aliphatic heterocycles. The van der Waals surface area contributed by atoms with Crippen molar-refractivity contribution in [3.05, 3.63) is 35.4 Å². The number of carboxylic acids is 1. The van der Waals surface area contributed by atoms with Crippen molar-refractivity contribution in [2.75, 3.05) is 6.61 Å². The molecule has 0 radical (unpaired) electrons. The van der Waals surface area contributed by atoms with Gasteiger partial charge in [0, 0.05) is 0 Å². The summed E-state index contributed by atoms with van der Waals surface area (Å²) in [5, 5.41) is 9.12. The predicted octanol–water partition coefficient (Wildman–Crippen LogP) is 1.56. The van der Waals surface area contributed by atoms with Crippen molar-refractivity contribution in [2.45, 2.75) is 18.9 Å². The number of carboxylic acid groups (broad SMARTS) is 1. The van der Waals surface area contributed by atoms with Crippen molar-refractivity contribution in [2.24, 2.45) is 0 Å². The standard InChI is InChI=1S/C11H12O3/c1-11(10(12)13)9-5-3-2-4-8(9)6-7-14-11/h2-5H,6-7H2,1H3,(H,12,13)/t11-/m0/s1. The van der Waals surface area contributed by atoms with Gasteiger partial charge in [-0.1, -0.05) is 24.3 Å². The molecule has 14 heavy (non-hydrogen) atoms. The molecule has 0 fully saturated rings. The molecule has 1 aromatic carbocycles. The number of fused-ring (bicyclic) bond motifs is 1. The Labute approximate surface area is 82.3 Å². The van der Waals surface area contributed by atoms with E-state index in [1.165, 1.54) is 0 Å². The van der Waals surface area contributed by atoms with E-state index in [1.807, 2.05) is 24.3 Å². The number of benzene rings is 1. The van der Waals surface area contributed by atoms with Gasteiger partial charge in [0.05, 0.1) is 6.61 Å². The van der Waals surface area contributed by atoms with E-state index in [0.717, 1.165) is 17.5 Å². The number of aliphatic carboxylic acids is 1. The lowest BCUT2D eigenvalue weighted by atomic mass is 9.88. The van der Waals surface area contributed by atoms with Crippen molar-refractivity contribution in [1.29, 1.82) is 0 Å². The molecule has 0 saturated heterocycles. The summed E-state index contributed by atoms with van der Waals surface area (Å²) in [7, 11) is 0. The molecule has 0 spiro atoms. The van der Waals surface area contributed by atoms with Crippen molar-refractivity contribution < 1.29 is 14.6 Å². The van der Waals surface area contributed by atoms with E-state index in [9.17, 15) is 4.79 Å². The summed E-state index contributed by atoms with van der Waals surface area (Å²) in [4.78, 5) is 11.1. The number of carbonyl (C=O) groups is 1. The van der Waals surface area contributed by atoms with E-state index in [1.54, 1.807) is 6.92 Å². The minimum atomic E-state index is -1.17. The Balaban J connectivity index is 2.55. The number of rotatable bonds is 1. The SMILES string of the molecule is C[C@]1(C(=O)O)OCCc2ccccc21. The molecule has 0 bridgehead atoms. The molecule has 1 atom stereocenters. The molecule has 1 aromatic rings. The van der Waals surface area contributed by atoms with Crippen LogP contribution in [-0.2, 0) is 21.6 Å². The molecular formula is C11H12O3. The molecule has 1 heterocycles. The summed E-state index contributed by atoms with van der Waals surface area (Å²) in [5.41, 5.74) is 0.678. The molecular weight excluding hydrogens is 180 g/mol. The maximum Gasteiger partial charge on any atom is 0.340 e. The molecule has 1 aliphatic rings. The van der Waals surface area contributed by atoms with Crippen molar-refractivity contribution >= 4 is 5.97 Å². The molecule has 3 nitrogen and oxygen atoms in total. The van der Waals surface area contributed by atoms with Crippen LogP contribution in [0.5, 0.6) is 0 Å². The highest BCUT2D eigenvalue weighted by Gasteiger charge is 2.40. The topological polar surface area (TPSA) is 46.5 Å². The molecule has 0 amide bonds. The van der Waals surface area contributed by atoms with Gasteiger partial charge in [-0.25, -0.2) is 4.79 Å². The smallest absolute Gasteiger partial charge is 0.340 e. The van der Waals surface area contributed by atoms with Gasteiger partial charge in [-0.15, -0.1) is 0 Å². The summed E-state index contributed by atoms with van der Waals surface area (Å²) in [6, 6.07) is 7.54. The van der Waals surface area contributed by atoms with E-state index < -0.39 is 11.6 Å². The second kappa shape index (κ2) is 3.10. The summed E-state index contributed by atoms with van der Waals surface area (Å²) < 4.78 is 5.35. The normalized spacial score (nSPS) is 25.5. The van der Waals surface area contributed by atoms with Gasteiger partial charge >= 0.3 is 5.97 Å². The second-order valence-electron chi connectivity index (χ2n) is 3.59. The zero-order valence-electron chi connectivity index (χ0n) is 7.99. The number of hydrogen-bond donors (Lipinski definition) is 1. The quantitative estimate of drug-likeness (QED) is 0.734. The lowest BCUT2D eigenvalue weighted by Gasteiger charge is -2.32. The zero-order chi connectivity index (χ0) is 10.2. The first-order chi connectivity index (χ1) is 6.64. The average molecular weight is 192 g/mol. The summed E-state index contributed by atoms with van der Waals surface area (Å²) >= 11 is 0. The minimum Gasteiger partial charge on any atom is -0.479 e. The summed E-state index contributed by atoms with van der Waals surface area (Å²) in [6.45, 7) is 2.08. The first-order valence-electron chi connectivity index (χ1n) is 4.60. The van der Waals surface area contributed by atoms with E-state index >= 15 is 0 Å². The third-order valence-electron chi connectivity index (χ3n) is 2.70. The Morgan fingerprint density at radius 1 is 1.50 bits per heavy atom. The van der Waals surface area contributed by atoms with Gasteiger partial charge in [0.2, 0.25) is 0 Å². The van der Waals surface area contributed by atoms with Crippen LogP contribution in [0.1, 0.15) is 18.1 Å². The largest absolute Gasteiger partial charge is 0.479 e. The fraction of sp³-hybridized carbons (Fsp3) is 0.364. The fourth-order valence-corrected chi connectivity index (χ4v) is 1.82. The molecule has 2 rings (SSSR count). The lowest BCUT2D eigenvalue weighted by Crippen LogP contribution is -2.40. The van der Waals surface area contributed by atoms with Crippen LogP contribution in [0.25, 0.3) is 0 Å². The predicted molar refractivity (Wildman–Crippen MR) is 51.1 cm³/mol. The fourth-order valence-electron chi connectivity index (χ4n) is 1.82. The van der Waals surface area contributed by atoms with Crippen LogP contribution in [0.2, 0.25) is 0 Å². The van der Waals surface area contributed by atoms with E-state index in [-0.39, 0.29) is 0 Å². The van der Waals surface area contributed by atoms with E-state index in [4.69, 9.17) is 9.84 Å². The molecule has 0 aromatic heterocycles. The Morgan fingerprint density at radius 2 is 2.21 bits per heavy atom. The van der Waals surface area contributed by atoms with Crippen molar-refractivity contribution in [3.8, 4) is 0 Å². The highest BCUT2D eigenvalue weighted by Crippen LogP contribution is 2.32. The highest BCUT2D eigenvalue weighted by atomic mass is 16.5. The van der Waals surface area contributed by atoms with Crippen LogP contribution in [0.15, 0.2) is 24.3 Å². The average Bonchev–Trinajstić information content (AvgIpc) is 2.18. The molecule has 3 heteroatoms. The van der Waals surface area contributed by atoms with E-state index in [0.29, 0.717) is 6.61 Å². The maximum atomic E-state index is 11.1. The van der Waals surface area contributed by atoms with Crippen LogP contribution in [0.4, 0.5) is 0 Å². The first kappa shape index (κ1) is 9.21. The summed E-state index contributed by atoms with van der Waals surface area (Å²) in [6.07, 6.45) is 0.791. The molecule has 0 aliphatic carbocycles. The minimum absolute atomic E-state index is 0.472. The van der Waals surface area contributed by atoms with Gasteiger partial charge in [-0.2, -0.15) is 0 Å². The Bertz CT molecular complexity index is 373. The van der Waals surface area contributed by atoms with Gasteiger partial charge in [0.25, 0.3) is 0 Å². The lowest BCUT2D eigenvalue weighted by molar-refractivity contribution is -0.166. The zero-order valence-corrected chi connectivity index (χ0v) is 7.99. The number of hydrogen-bond acceptors (Lipinski definition) is 2. The van der Waals surface area contributed by atoms with Crippen LogP contribution < -0.4 is 0 Å². The third kappa shape index (κ3) is 1.21. The van der Waals surface area contributed by atoms with Crippen LogP contribution >= 0.6 is 0 Å². The number of ether oxygens (including phenoxy) is 1. The molecule has 74 valence electrons. The third-order valence-corrected chi connectivity index (χ3v) is 2.70. The van der Waals surface area contributed by atoms with Crippen LogP contribution in [0, 0.1) is 0 Å². The van der Waals surface area contributed by atoms with Gasteiger partial charge in [-0.3, -0.25) is 0 Å². The Kier molecular flexibility index (Phi) is 2.04. The van der Waals surface area contributed by atoms with Crippen molar-refractivity contribution in [3.63, 3.8) is 0 Å². The molecule has 1 N–H and O–H groups in total. The molecule has 0 saturated carbocycles. The Morgan fingerprint density at radius 3 is 2.93 bits per heavy atom. The van der Waals surface area contributed by atoms with Gasteiger partial charge in [-0.05, 0) is 24.5 Å². The second-order valence-corrected chi connectivity index (χ2v) is 3.59. The first-order valence-corrected chi connectivity index (χ1v) is 4.60. The highest BCUT2D eigenvalue weighted by molar-refractivity contribution is 5.79. The van der Waals surface area contributed by atoms with Crippen LogP contribution in [0.3, 0.4) is 0 Å². The van der Waals surface area contributed by atoms with E-state index in [2.05, 4.69) is 0 Å². The van der Waals surface area contributed by atoms with Crippen LogP contribution in [-0.4, -0.2) is 17.7 Å². The van der Waals surface area contributed by atoms with Gasteiger partial charge in [0.15, 0.2) is 5.60 Å². The van der Waals surface area contributed by atoms with Crippen molar-refractivity contribution in [1.82, 2.24) is 0 Å². The monoisotopic (exact) mass is 192 g/mol. The van der Waals surface area contributed by atoms with Gasteiger partial charge in [0.1, 0.15) is 0 Å². The molecule has 0 unspecified atom stereocenters. The maximum absolute atomic E-state index is 11.1. The van der Waals surface area contributed by atoms with Gasteiger partial charge < -0.3 is 9.84 Å². The Hall–Kier alpha value is -1.35.